The molecule has 0 bridgehead atoms. The summed E-state index contributed by atoms with van der Waals surface area (Å²) in [5, 5.41) is 28.3. The van der Waals surface area contributed by atoms with E-state index in [1.807, 2.05) is 29.2 Å². The van der Waals surface area contributed by atoms with Gasteiger partial charge in [0.05, 0.1) is 18.0 Å². The average molecular weight is 583 g/mol. The van der Waals surface area contributed by atoms with Crippen molar-refractivity contribution in [3.05, 3.63) is 75.9 Å². The van der Waals surface area contributed by atoms with Crippen LogP contribution >= 0.6 is 0 Å². The Kier molecular flexibility index (Phi) is 7.17. The summed E-state index contributed by atoms with van der Waals surface area (Å²) in [6.45, 7) is 2.10. The standard InChI is InChI=1S/C32H35FN8O2/c33-24-7-9-27-21(15-24)5-4-20-14-22(30(43)40-12-2-1-3-13-40)6-8-26(20)32(27,31-36-38-39-37-31)10-11-35-19-29(42)41-25(18-34)16-23-17-28(23)41/h6-9,14-15,23,25,28,35H,1-5,10-13,16-17,19H2,(H,36,37,38,39)/t23-,25?,28+,32?/m1/s1. The first-order valence-electron chi connectivity index (χ1n) is 15.4. The fourth-order valence-corrected chi connectivity index (χ4v) is 7.69. The third kappa shape index (κ3) is 4.87. The number of hydrogen-bond acceptors (Lipinski definition) is 7. The Morgan fingerprint density at radius 1 is 1.07 bits per heavy atom. The number of piperidine rings is 2. The number of aromatic nitrogens is 4. The number of nitriles is 1. The molecule has 3 heterocycles. The molecule has 7 rings (SSSR count). The second-order valence-electron chi connectivity index (χ2n) is 12.3. The van der Waals surface area contributed by atoms with E-state index in [4.69, 9.17) is 0 Å². The van der Waals surface area contributed by atoms with Crippen LogP contribution in [-0.2, 0) is 23.1 Å². The Labute approximate surface area is 249 Å². The van der Waals surface area contributed by atoms with Crippen molar-refractivity contribution in [1.82, 2.24) is 35.7 Å². The SMILES string of the molecule is N#CC1C[C@@H]2C[C@@H]2N1C(=O)CNCCC1(c2nn[nH]n2)c2ccc(F)cc2CCc2cc(C(=O)N3CCCCC3)ccc21. The van der Waals surface area contributed by atoms with Gasteiger partial charge in [-0.2, -0.15) is 10.5 Å². The van der Waals surface area contributed by atoms with E-state index < -0.39 is 5.41 Å². The Morgan fingerprint density at radius 3 is 2.58 bits per heavy atom. The summed E-state index contributed by atoms with van der Waals surface area (Å²) >= 11 is 0. The van der Waals surface area contributed by atoms with Crippen LogP contribution < -0.4 is 5.32 Å². The van der Waals surface area contributed by atoms with Gasteiger partial charge >= 0.3 is 0 Å². The maximum atomic E-state index is 14.6. The van der Waals surface area contributed by atoms with Crippen molar-refractivity contribution in [1.29, 1.82) is 5.26 Å². The number of nitrogens with one attached hydrogen (secondary N) is 2. The van der Waals surface area contributed by atoms with Crippen molar-refractivity contribution in [3.8, 4) is 6.07 Å². The molecule has 0 radical (unpaired) electrons. The van der Waals surface area contributed by atoms with E-state index in [1.165, 1.54) is 6.07 Å². The second-order valence-corrected chi connectivity index (χ2v) is 12.3. The monoisotopic (exact) mass is 582 g/mol. The Bertz CT molecular complexity index is 1580. The number of carbonyl (C=O) groups is 2. The molecule has 10 nitrogen and oxygen atoms in total. The minimum atomic E-state index is -0.894. The number of aryl methyl sites for hydroxylation is 2. The van der Waals surface area contributed by atoms with Gasteiger partial charge in [-0.25, -0.2) is 4.39 Å². The van der Waals surface area contributed by atoms with Crippen molar-refractivity contribution in [2.24, 2.45) is 5.92 Å². The van der Waals surface area contributed by atoms with Crippen molar-refractivity contribution in [2.75, 3.05) is 26.2 Å². The van der Waals surface area contributed by atoms with Crippen LogP contribution in [0.4, 0.5) is 4.39 Å². The minimum Gasteiger partial charge on any atom is -0.339 e. The molecule has 3 aromatic rings. The zero-order valence-electron chi connectivity index (χ0n) is 24.1. The third-order valence-corrected chi connectivity index (χ3v) is 9.87. The number of carbonyl (C=O) groups excluding carboxylic acids is 2. The van der Waals surface area contributed by atoms with Crippen LogP contribution in [0.3, 0.4) is 0 Å². The van der Waals surface area contributed by atoms with Crippen molar-refractivity contribution in [3.63, 3.8) is 0 Å². The zero-order valence-corrected chi connectivity index (χ0v) is 24.1. The maximum Gasteiger partial charge on any atom is 0.253 e. The van der Waals surface area contributed by atoms with E-state index in [1.54, 1.807) is 11.0 Å². The molecule has 2 aliphatic heterocycles. The zero-order chi connectivity index (χ0) is 29.6. The highest BCUT2D eigenvalue weighted by molar-refractivity contribution is 5.94. The molecule has 1 aromatic heterocycles. The highest BCUT2D eigenvalue weighted by Crippen LogP contribution is 2.48. The summed E-state index contributed by atoms with van der Waals surface area (Å²) in [5.74, 6) is 0.580. The lowest BCUT2D eigenvalue weighted by Gasteiger charge is -2.34. The van der Waals surface area contributed by atoms with Crippen molar-refractivity contribution < 1.29 is 14.0 Å². The smallest absolute Gasteiger partial charge is 0.253 e. The number of aromatic amines is 1. The Balaban J connectivity index is 1.22. The first-order chi connectivity index (χ1) is 21.0. The molecular formula is C32H35FN8O2. The molecular weight excluding hydrogens is 547 g/mol. The number of rotatable bonds is 7. The van der Waals surface area contributed by atoms with Gasteiger partial charge in [-0.05, 0) is 110 Å². The molecule has 222 valence electrons. The number of benzene rings is 2. The molecule has 1 saturated carbocycles. The Hall–Kier alpha value is -4.17. The molecule has 3 fully saturated rings. The average Bonchev–Trinajstić information content (AvgIpc) is 3.42. The van der Waals surface area contributed by atoms with Crippen LogP contribution in [0.5, 0.6) is 0 Å². The molecule has 2 unspecified atom stereocenters. The summed E-state index contributed by atoms with van der Waals surface area (Å²) in [6, 6.07) is 12.9. The van der Waals surface area contributed by atoms with Gasteiger partial charge in [0.15, 0.2) is 5.82 Å². The predicted molar refractivity (Wildman–Crippen MR) is 154 cm³/mol. The van der Waals surface area contributed by atoms with E-state index in [0.717, 1.165) is 67.4 Å². The van der Waals surface area contributed by atoms with Crippen LogP contribution in [0, 0.1) is 23.1 Å². The number of nitrogens with zero attached hydrogens (tertiary/aromatic N) is 6. The molecule has 4 aliphatic rings. The van der Waals surface area contributed by atoms with Crippen LogP contribution in [0.15, 0.2) is 36.4 Å². The van der Waals surface area contributed by atoms with Crippen LogP contribution in [0.2, 0.25) is 0 Å². The van der Waals surface area contributed by atoms with Gasteiger partial charge < -0.3 is 15.1 Å². The molecule has 2 aromatic carbocycles. The maximum absolute atomic E-state index is 14.6. The molecule has 2 amide bonds. The topological polar surface area (TPSA) is 131 Å². The second kappa shape index (κ2) is 11.2. The molecule has 2 saturated heterocycles. The summed E-state index contributed by atoms with van der Waals surface area (Å²) in [4.78, 5) is 30.3. The van der Waals surface area contributed by atoms with E-state index in [9.17, 15) is 19.2 Å². The summed E-state index contributed by atoms with van der Waals surface area (Å²) in [7, 11) is 0. The fourth-order valence-electron chi connectivity index (χ4n) is 7.69. The van der Waals surface area contributed by atoms with Crippen molar-refractivity contribution >= 4 is 11.8 Å². The number of amides is 2. The largest absolute Gasteiger partial charge is 0.339 e. The third-order valence-electron chi connectivity index (χ3n) is 9.87. The summed E-state index contributed by atoms with van der Waals surface area (Å²) < 4.78 is 14.6. The molecule has 11 heteroatoms. The minimum absolute atomic E-state index is 0.0381. The lowest BCUT2D eigenvalue weighted by atomic mass is 9.69. The number of fused-ring (bicyclic) bond motifs is 3. The fraction of sp³-hybridized carbons (Fsp3) is 0.500. The van der Waals surface area contributed by atoms with E-state index in [2.05, 4.69) is 32.0 Å². The van der Waals surface area contributed by atoms with Crippen LogP contribution in [0.25, 0.3) is 0 Å². The number of likely N-dealkylation sites (tertiary alicyclic amines) is 2. The van der Waals surface area contributed by atoms with E-state index in [0.29, 0.717) is 43.1 Å². The molecule has 4 atom stereocenters. The molecule has 0 spiro atoms. The molecule has 2 N–H and O–H groups in total. The van der Waals surface area contributed by atoms with Gasteiger partial charge in [-0.15, -0.1) is 10.2 Å². The van der Waals surface area contributed by atoms with Crippen molar-refractivity contribution in [2.45, 2.75) is 68.9 Å². The van der Waals surface area contributed by atoms with Gasteiger partial charge in [0.2, 0.25) is 5.91 Å². The highest BCUT2D eigenvalue weighted by atomic mass is 19.1. The van der Waals surface area contributed by atoms with Gasteiger partial charge in [-0.1, -0.05) is 17.3 Å². The number of H-pyrrole nitrogens is 1. The lowest BCUT2D eigenvalue weighted by molar-refractivity contribution is -0.131. The van der Waals surface area contributed by atoms with Gasteiger partial charge in [0.25, 0.3) is 5.91 Å². The number of halogens is 1. The van der Waals surface area contributed by atoms with Crippen LogP contribution in [0.1, 0.15) is 77.0 Å². The van der Waals surface area contributed by atoms with Gasteiger partial charge in [0, 0.05) is 24.7 Å². The normalized spacial score (nSPS) is 25.7. The molecule has 43 heavy (non-hydrogen) atoms. The van der Waals surface area contributed by atoms with E-state index >= 15 is 0 Å². The quantitative estimate of drug-likeness (QED) is 0.410. The van der Waals surface area contributed by atoms with Gasteiger partial charge in [-0.3, -0.25) is 9.59 Å². The Morgan fingerprint density at radius 2 is 1.84 bits per heavy atom. The first kappa shape index (κ1) is 27.7. The molecule has 2 aliphatic carbocycles. The lowest BCUT2D eigenvalue weighted by Crippen LogP contribution is -2.44. The number of hydrogen-bond donors (Lipinski definition) is 2. The predicted octanol–water partition coefficient (Wildman–Crippen LogP) is 2.89. The summed E-state index contributed by atoms with van der Waals surface area (Å²) in [6.07, 6.45) is 6.63. The van der Waals surface area contributed by atoms with Gasteiger partial charge in [0.1, 0.15) is 11.9 Å². The van der Waals surface area contributed by atoms with E-state index in [-0.39, 0.29) is 36.3 Å². The first-order valence-corrected chi connectivity index (χ1v) is 15.4. The van der Waals surface area contributed by atoms with Crippen LogP contribution in [-0.4, -0.2) is 80.5 Å². The number of tetrazole rings is 1. The highest BCUT2D eigenvalue weighted by Gasteiger charge is 2.54. The summed E-state index contributed by atoms with van der Waals surface area (Å²) in [5.41, 5.74) is 3.45.